The van der Waals surface area contributed by atoms with Crippen LogP contribution < -0.4 is 0 Å². The molecule has 0 aromatic rings. The molecule has 98 valence electrons. The van der Waals surface area contributed by atoms with Gasteiger partial charge in [0, 0.05) is 13.0 Å². The van der Waals surface area contributed by atoms with E-state index in [-0.39, 0.29) is 6.54 Å². The Morgan fingerprint density at radius 3 is 2.53 bits per heavy atom. The number of ether oxygens (including phenoxy) is 2. The van der Waals surface area contributed by atoms with Crippen molar-refractivity contribution >= 4 is 6.09 Å². The molecule has 2 saturated heterocycles. The van der Waals surface area contributed by atoms with Crippen molar-refractivity contribution in [1.82, 2.24) is 4.90 Å². The lowest BCUT2D eigenvalue weighted by Crippen LogP contribution is -2.61. The Morgan fingerprint density at radius 2 is 2.12 bits per heavy atom. The molecule has 2 aliphatic heterocycles. The fourth-order valence-corrected chi connectivity index (χ4v) is 2.23. The minimum absolute atomic E-state index is 0.0783. The summed E-state index contributed by atoms with van der Waals surface area (Å²) < 4.78 is 24.5. The van der Waals surface area contributed by atoms with Crippen molar-refractivity contribution in [2.45, 2.75) is 51.0 Å². The van der Waals surface area contributed by atoms with Gasteiger partial charge in [0.15, 0.2) is 0 Å². The van der Waals surface area contributed by atoms with E-state index in [0.29, 0.717) is 19.6 Å². The Bertz CT molecular complexity index is 309. The lowest BCUT2D eigenvalue weighted by Gasteiger charge is -2.49. The van der Waals surface area contributed by atoms with E-state index in [1.165, 1.54) is 4.90 Å². The van der Waals surface area contributed by atoms with Gasteiger partial charge in [0.25, 0.3) is 0 Å². The van der Waals surface area contributed by atoms with Gasteiger partial charge in [-0.05, 0) is 27.2 Å². The standard InChI is InChI=1S/C12H20FNO3/c1-11(2,3)17-10(15)14-6-4-12(5-7-16-12)9(13)8-14/h9H,4-8H2,1-3H3/t9-,12+/m1/s1. The number of hydrogen-bond donors (Lipinski definition) is 0. The number of carbonyl (C=O) groups excluding carboxylic acids is 1. The molecule has 0 aromatic carbocycles. The van der Waals surface area contributed by atoms with Gasteiger partial charge < -0.3 is 14.4 Å². The van der Waals surface area contributed by atoms with E-state index < -0.39 is 23.5 Å². The predicted molar refractivity (Wildman–Crippen MR) is 60.6 cm³/mol. The van der Waals surface area contributed by atoms with Gasteiger partial charge in [-0.1, -0.05) is 0 Å². The van der Waals surface area contributed by atoms with Crippen molar-refractivity contribution in [3.63, 3.8) is 0 Å². The third-order valence-electron chi connectivity index (χ3n) is 3.32. The summed E-state index contributed by atoms with van der Waals surface area (Å²) in [5, 5.41) is 0. The summed E-state index contributed by atoms with van der Waals surface area (Å²) in [6.45, 7) is 6.63. The van der Waals surface area contributed by atoms with Gasteiger partial charge in [-0.2, -0.15) is 0 Å². The molecule has 0 saturated carbocycles. The number of amides is 1. The molecule has 2 heterocycles. The molecule has 0 unspecified atom stereocenters. The van der Waals surface area contributed by atoms with Crippen molar-refractivity contribution in [3.8, 4) is 0 Å². The van der Waals surface area contributed by atoms with Crippen LogP contribution >= 0.6 is 0 Å². The minimum atomic E-state index is -1.10. The zero-order valence-electron chi connectivity index (χ0n) is 10.7. The highest BCUT2D eigenvalue weighted by Crippen LogP contribution is 2.38. The van der Waals surface area contributed by atoms with Gasteiger partial charge >= 0.3 is 6.09 Å². The van der Waals surface area contributed by atoms with Gasteiger partial charge in [-0.25, -0.2) is 9.18 Å². The highest BCUT2D eigenvalue weighted by atomic mass is 19.1. The van der Waals surface area contributed by atoms with Crippen LogP contribution in [0.25, 0.3) is 0 Å². The van der Waals surface area contributed by atoms with Gasteiger partial charge in [-0.15, -0.1) is 0 Å². The lowest BCUT2D eigenvalue weighted by molar-refractivity contribution is -0.206. The van der Waals surface area contributed by atoms with E-state index in [9.17, 15) is 9.18 Å². The molecule has 0 radical (unpaired) electrons. The molecule has 4 nitrogen and oxygen atoms in total. The number of halogens is 1. The summed E-state index contributed by atoms with van der Waals surface area (Å²) in [6.07, 6.45) is -0.212. The van der Waals surface area contributed by atoms with Crippen molar-refractivity contribution < 1.29 is 18.7 Å². The highest BCUT2D eigenvalue weighted by Gasteiger charge is 2.50. The molecular weight excluding hydrogens is 225 g/mol. The zero-order chi connectivity index (χ0) is 12.7. The van der Waals surface area contributed by atoms with Crippen molar-refractivity contribution in [2.75, 3.05) is 19.7 Å². The quantitative estimate of drug-likeness (QED) is 0.656. The Balaban J connectivity index is 1.91. The topological polar surface area (TPSA) is 38.8 Å². The summed E-state index contributed by atoms with van der Waals surface area (Å²) >= 11 is 0. The minimum Gasteiger partial charge on any atom is -0.444 e. The number of carbonyl (C=O) groups is 1. The first-order valence-electron chi connectivity index (χ1n) is 6.08. The number of rotatable bonds is 0. The molecule has 1 amide bonds. The zero-order valence-corrected chi connectivity index (χ0v) is 10.7. The van der Waals surface area contributed by atoms with Crippen LogP contribution in [0.5, 0.6) is 0 Å². The Morgan fingerprint density at radius 1 is 1.47 bits per heavy atom. The number of piperidine rings is 1. The predicted octanol–water partition coefficient (Wildman–Crippen LogP) is 2.12. The second-order valence-corrected chi connectivity index (χ2v) is 5.81. The maximum atomic E-state index is 14.0. The van der Waals surface area contributed by atoms with Crippen LogP contribution in [0.1, 0.15) is 33.6 Å². The third kappa shape index (κ3) is 2.54. The SMILES string of the molecule is CC(C)(C)OC(=O)N1CC[C@]2(CCO2)[C@H](F)C1. The second kappa shape index (κ2) is 4.12. The van der Waals surface area contributed by atoms with Gasteiger partial charge in [0.1, 0.15) is 17.4 Å². The maximum Gasteiger partial charge on any atom is 0.410 e. The van der Waals surface area contributed by atoms with E-state index in [4.69, 9.17) is 9.47 Å². The molecule has 17 heavy (non-hydrogen) atoms. The molecule has 2 rings (SSSR count). The van der Waals surface area contributed by atoms with Crippen molar-refractivity contribution in [1.29, 1.82) is 0 Å². The Kier molecular flexibility index (Phi) is 3.06. The molecule has 2 aliphatic rings. The molecular formula is C12H20FNO3. The van der Waals surface area contributed by atoms with E-state index >= 15 is 0 Å². The average molecular weight is 245 g/mol. The molecule has 5 heteroatoms. The van der Waals surface area contributed by atoms with Crippen LogP contribution in [-0.4, -0.2) is 48.1 Å². The number of nitrogens with zero attached hydrogens (tertiary/aromatic N) is 1. The Labute approximate surface area is 101 Å². The van der Waals surface area contributed by atoms with Crippen LogP contribution in [0.15, 0.2) is 0 Å². The third-order valence-corrected chi connectivity index (χ3v) is 3.32. The smallest absolute Gasteiger partial charge is 0.410 e. The van der Waals surface area contributed by atoms with Crippen LogP contribution in [0.2, 0.25) is 0 Å². The van der Waals surface area contributed by atoms with E-state index in [1.54, 1.807) is 20.8 Å². The fraction of sp³-hybridized carbons (Fsp3) is 0.917. The van der Waals surface area contributed by atoms with Gasteiger partial charge in [-0.3, -0.25) is 0 Å². The first-order chi connectivity index (χ1) is 7.82. The molecule has 0 aliphatic carbocycles. The van der Waals surface area contributed by atoms with Crippen LogP contribution in [0.3, 0.4) is 0 Å². The largest absolute Gasteiger partial charge is 0.444 e. The van der Waals surface area contributed by atoms with E-state index in [2.05, 4.69) is 0 Å². The monoisotopic (exact) mass is 245 g/mol. The summed E-state index contributed by atoms with van der Waals surface area (Å²) in [5.74, 6) is 0. The van der Waals surface area contributed by atoms with Crippen LogP contribution in [-0.2, 0) is 9.47 Å². The first-order valence-corrected chi connectivity index (χ1v) is 6.08. The fourth-order valence-electron chi connectivity index (χ4n) is 2.23. The summed E-state index contributed by atoms with van der Waals surface area (Å²) in [5.41, 5.74) is -1.15. The second-order valence-electron chi connectivity index (χ2n) is 5.81. The van der Waals surface area contributed by atoms with E-state index in [0.717, 1.165) is 6.42 Å². The average Bonchev–Trinajstić information content (AvgIpc) is 2.12. The normalized spacial score (nSPS) is 33.4. The summed E-state index contributed by atoms with van der Waals surface area (Å²) in [7, 11) is 0. The van der Waals surface area contributed by atoms with E-state index in [1.807, 2.05) is 0 Å². The van der Waals surface area contributed by atoms with Gasteiger partial charge in [0.05, 0.1) is 13.2 Å². The molecule has 0 aromatic heterocycles. The molecule has 1 spiro atoms. The van der Waals surface area contributed by atoms with Crippen LogP contribution in [0.4, 0.5) is 9.18 Å². The number of alkyl halides is 1. The van der Waals surface area contributed by atoms with Crippen molar-refractivity contribution in [3.05, 3.63) is 0 Å². The first kappa shape index (κ1) is 12.6. The highest BCUT2D eigenvalue weighted by molar-refractivity contribution is 5.68. The van der Waals surface area contributed by atoms with Gasteiger partial charge in [0.2, 0.25) is 0 Å². The summed E-state index contributed by atoms with van der Waals surface area (Å²) in [4.78, 5) is 13.2. The van der Waals surface area contributed by atoms with Crippen LogP contribution in [0, 0.1) is 0 Å². The molecule has 2 atom stereocenters. The van der Waals surface area contributed by atoms with Crippen molar-refractivity contribution in [2.24, 2.45) is 0 Å². The molecule has 2 fully saturated rings. The lowest BCUT2D eigenvalue weighted by atomic mass is 9.83. The Hall–Kier alpha value is -0.840. The number of hydrogen-bond acceptors (Lipinski definition) is 3. The molecule has 0 N–H and O–H groups in total. The summed E-state index contributed by atoms with van der Waals surface area (Å²) in [6, 6.07) is 0. The number of likely N-dealkylation sites (tertiary alicyclic amines) is 1. The molecule has 0 bridgehead atoms. The maximum absolute atomic E-state index is 14.0.